The highest BCUT2D eigenvalue weighted by Crippen LogP contribution is 2.21. The van der Waals surface area contributed by atoms with Gasteiger partial charge in [0.1, 0.15) is 5.82 Å². The lowest BCUT2D eigenvalue weighted by Crippen LogP contribution is -1.92. The predicted molar refractivity (Wildman–Crippen MR) is 58.4 cm³/mol. The number of fused-ring (bicyclic) bond motifs is 1. The molecule has 0 aliphatic rings. The first-order chi connectivity index (χ1) is 7.61. The van der Waals surface area contributed by atoms with E-state index in [2.05, 4.69) is 11.6 Å². The maximum atomic E-state index is 13.3. The minimum Gasteiger partial charge on any atom is -0.258 e. The Balaban J connectivity index is 2.71. The first-order valence-corrected chi connectivity index (χ1v) is 4.49. The van der Waals surface area contributed by atoms with Crippen LogP contribution in [-0.4, -0.2) is 9.91 Å². The summed E-state index contributed by atoms with van der Waals surface area (Å²) in [6.45, 7) is 3.43. The number of nitrogens with zero attached hydrogens (tertiary/aromatic N) is 2. The smallest absolute Gasteiger partial charge is 0.258 e. The van der Waals surface area contributed by atoms with Crippen molar-refractivity contribution in [3.8, 4) is 0 Å². The summed E-state index contributed by atoms with van der Waals surface area (Å²) in [5, 5.41) is 10.9. The largest absolute Gasteiger partial charge is 0.270 e. The van der Waals surface area contributed by atoms with Crippen molar-refractivity contribution in [2.24, 2.45) is 0 Å². The average molecular weight is 218 g/mol. The van der Waals surface area contributed by atoms with E-state index in [0.717, 1.165) is 0 Å². The summed E-state index contributed by atoms with van der Waals surface area (Å²) in [4.78, 5) is 14.0. The van der Waals surface area contributed by atoms with Crippen molar-refractivity contribution in [1.82, 2.24) is 4.98 Å². The molecule has 0 radical (unpaired) electrons. The third-order valence-corrected chi connectivity index (χ3v) is 2.18. The fourth-order valence-electron chi connectivity index (χ4n) is 1.41. The maximum absolute atomic E-state index is 13.3. The maximum Gasteiger partial charge on any atom is 0.270 e. The normalized spacial score (nSPS) is 10.3. The van der Waals surface area contributed by atoms with E-state index < -0.39 is 10.7 Å². The van der Waals surface area contributed by atoms with E-state index in [9.17, 15) is 14.5 Å². The molecule has 0 spiro atoms. The Bertz CT molecular complexity index is 596. The topological polar surface area (TPSA) is 56.0 Å². The molecule has 0 bridgehead atoms. The minimum atomic E-state index is -0.539. The van der Waals surface area contributed by atoms with Crippen molar-refractivity contribution in [2.45, 2.75) is 0 Å². The molecule has 1 heterocycles. The van der Waals surface area contributed by atoms with Crippen LogP contribution >= 0.6 is 0 Å². The zero-order valence-corrected chi connectivity index (χ0v) is 8.18. The Morgan fingerprint density at radius 2 is 2.19 bits per heavy atom. The lowest BCUT2D eigenvalue weighted by molar-refractivity contribution is -0.384. The first kappa shape index (κ1) is 10.2. The standard InChI is InChI=1S/C11H7FN2O2/c1-2-10-9(12)6-7-5-8(14(15)16)3-4-11(7)13-10/h2-6H,1H2. The molecule has 0 amide bonds. The Kier molecular flexibility index (Phi) is 2.36. The third-order valence-electron chi connectivity index (χ3n) is 2.18. The molecule has 0 aliphatic heterocycles. The van der Waals surface area contributed by atoms with Crippen LogP contribution in [0.25, 0.3) is 17.0 Å². The molecule has 0 saturated heterocycles. The zero-order valence-electron chi connectivity index (χ0n) is 8.18. The molecule has 0 unspecified atom stereocenters. The second-order valence-electron chi connectivity index (χ2n) is 3.19. The van der Waals surface area contributed by atoms with Crippen LogP contribution < -0.4 is 0 Å². The number of pyridine rings is 1. The summed E-state index contributed by atoms with van der Waals surface area (Å²) >= 11 is 0. The van der Waals surface area contributed by atoms with E-state index in [1.54, 1.807) is 0 Å². The molecule has 2 aromatic rings. The van der Waals surface area contributed by atoms with Crippen LogP contribution in [0.4, 0.5) is 10.1 Å². The van der Waals surface area contributed by atoms with Gasteiger partial charge in [0.05, 0.1) is 16.1 Å². The van der Waals surface area contributed by atoms with Crippen molar-refractivity contribution in [2.75, 3.05) is 0 Å². The number of halogens is 1. The van der Waals surface area contributed by atoms with Crippen molar-refractivity contribution in [1.29, 1.82) is 0 Å². The lowest BCUT2D eigenvalue weighted by atomic mass is 10.1. The van der Waals surface area contributed by atoms with Crippen molar-refractivity contribution in [3.63, 3.8) is 0 Å². The monoisotopic (exact) mass is 218 g/mol. The fourth-order valence-corrected chi connectivity index (χ4v) is 1.41. The molecule has 1 aromatic heterocycles. The Labute approximate surface area is 90.2 Å². The van der Waals surface area contributed by atoms with Crippen molar-refractivity contribution < 1.29 is 9.31 Å². The van der Waals surface area contributed by atoms with Crippen molar-refractivity contribution in [3.05, 3.63) is 52.5 Å². The first-order valence-electron chi connectivity index (χ1n) is 4.49. The summed E-state index contributed by atoms with van der Waals surface area (Å²) in [7, 11) is 0. The van der Waals surface area contributed by atoms with Crippen LogP contribution in [0.15, 0.2) is 30.8 Å². The second-order valence-corrected chi connectivity index (χ2v) is 3.19. The molecule has 4 nitrogen and oxygen atoms in total. The van der Waals surface area contributed by atoms with Gasteiger partial charge < -0.3 is 0 Å². The van der Waals surface area contributed by atoms with Gasteiger partial charge in [-0.2, -0.15) is 0 Å². The summed E-state index contributed by atoms with van der Waals surface area (Å²) in [6.07, 6.45) is 1.30. The van der Waals surface area contributed by atoms with Crippen LogP contribution in [0.2, 0.25) is 0 Å². The Morgan fingerprint density at radius 3 is 2.81 bits per heavy atom. The van der Waals surface area contributed by atoms with E-state index >= 15 is 0 Å². The van der Waals surface area contributed by atoms with E-state index in [4.69, 9.17) is 0 Å². The quantitative estimate of drug-likeness (QED) is 0.575. The number of hydrogen-bond acceptors (Lipinski definition) is 3. The molecule has 16 heavy (non-hydrogen) atoms. The van der Waals surface area contributed by atoms with E-state index in [-0.39, 0.29) is 11.4 Å². The Hall–Kier alpha value is -2.30. The number of non-ortho nitro benzene ring substituents is 1. The van der Waals surface area contributed by atoms with Gasteiger partial charge in [0, 0.05) is 17.5 Å². The molecule has 0 atom stereocenters. The van der Waals surface area contributed by atoms with Crippen LogP contribution in [0, 0.1) is 15.9 Å². The minimum absolute atomic E-state index is 0.0833. The van der Waals surface area contributed by atoms with Gasteiger partial charge >= 0.3 is 0 Å². The van der Waals surface area contributed by atoms with Gasteiger partial charge in [0.15, 0.2) is 0 Å². The van der Waals surface area contributed by atoms with E-state index in [0.29, 0.717) is 10.9 Å². The van der Waals surface area contributed by atoms with Gasteiger partial charge in [-0.05, 0) is 18.2 Å². The van der Waals surface area contributed by atoms with Crippen molar-refractivity contribution >= 4 is 22.7 Å². The van der Waals surface area contributed by atoms with Gasteiger partial charge in [0.2, 0.25) is 0 Å². The highest BCUT2D eigenvalue weighted by Gasteiger charge is 2.09. The van der Waals surface area contributed by atoms with Gasteiger partial charge in [-0.1, -0.05) is 6.58 Å². The number of aromatic nitrogens is 1. The number of nitro groups is 1. The molecular weight excluding hydrogens is 211 g/mol. The SMILES string of the molecule is C=Cc1nc2ccc([N+](=O)[O-])cc2cc1F. The lowest BCUT2D eigenvalue weighted by Gasteiger charge is -2.00. The van der Waals surface area contributed by atoms with Crippen LogP contribution in [0.3, 0.4) is 0 Å². The average Bonchev–Trinajstić information content (AvgIpc) is 2.27. The fraction of sp³-hybridized carbons (Fsp3) is 0. The molecule has 5 heteroatoms. The molecular formula is C11H7FN2O2. The summed E-state index contributed by atoms with van der Waals surface area (Å²) in [5.41, 5.74) is 0.559. The number of rotatable bonds is 2. The molecule has 0 saturated carbocycles. The molecule has 0 N–H and O–H groups in total. The molecule has 0 fully saturated rings. The summed E-state index contributed by atoms with van der Waals surface area (Å²) < 4.78 is 13.3. The predicted octanol–water partition coefficient (Wildman–Crippen LogP) is 2.93. The Morgan fingerprint density at radius 1 is 1.44 bits per heavy atom. The molecule has 0 aliphatic carbocycles. The van der Waals surface area contributed by atoms with Crippen LogP contribution in [0.1, 0.15) is 5.69 Å². The molecule has 2 rings (SSSR count). The van der Waals surface area contributed by atoms with E-state index in [1.165, 1.54) is 30.3 Å². The van der Waals surface area contributed by atoms with Crippen LogP contribution in [-0.2, 0) is 0 Å². The second kappa shape index (κ2) is 3.69. The highest BCUT2D eigenvalue weighted by molar-refractivity contribution is 5.82. The molecule has 80 valence electrons. The van der Waals surface area contributed by atoms with Crippen LogP contribution in [0.5, 0.6) is 0 Å². The van der Waals surface area contributed by atoms with Gasteiger partial charge in [-0.25, -0.2) is 9.37 Å². The summed E-state index contributed by atoms with van der Waals surface area (Å²) in [5.74, 6) is -0.539. The number of hydrogen-bond donors (Lipinski definition) is 0. The molecule has 1 aromatic carbocycles. The zero-order chi connectivity index (χ0) is 11.7. The van der Waals surface area contributed by atoms with E-state index in [1.807, 2.05) is 0 Å². The number of nitro benzene ring substituents is 1. The number of benzene rings is 1. The van der Waals surface area contributed by atoms with Gasteiger partial charge in [0.25, 0.3) is 5.69 Å². The highest BCUT2D eigenvalue weighted by atomic mass is 19.1. The third kappa shape index (κ3) is 1.63. The van der Waals surface area contributed by atoms with Gasteiger partial charge in [-0.3, -0.25) is 10.1 Å². The summed E-state index contributed by atoms with van der Waals surface area (Å²) in [6, 6.07) is 5.32. The van der Waals surface area contributed by atoms with Gasteiger partial charge in [-0.15, -0.1) is 0 Å².